The second-order valence-corrected chi connectivity index (χ2v) is 4.59. The molecule has 82 valence electrons. The SMILES string of the molecule is CNC(CCC1CC1)c1cnccc1C. The summed E-state index contributed by atoms with van der Waals surface area (Å²) in [4.78, 5) is 4.22. The van der Waals surface area contributed by atoms with Gasteiger partial charge in [0.15, 0.2) is 0 Å². The van der Waals surface area contributed by atoms with Gasteiger partial charge >= 0.3 is 0 Å². The Balaban J connectivity index is 2.00. The third kappa shape index (κ3) is 2.78. The van der Waals surface area contributed by atoms with E-state index < -0.39 is 0 Å². The number of rotatable bonds is 5. The standard InChI is InChI=1S/C13H20N2/c1-10-7-8-15-9-12(10)13(14-2)6-5-11-3-4-11/h7-9,11,13-14H,3-6H2,1-2H3. The summed E-state index contributed by atoms with van der Waals surface area (Å²) in [7, 11) is 2.05. The molecule has 1 saturated carbocycles. The van der Waals surface area contributed by atoms with Crippen LogP contribution in [0.25, 0.3) is 0 Å². The van der Waals surface area contributed by atoms with Gasteiger partial charge in [0, 0.05) is 18.4 Å². The maximum atomic E-state index is 4.22. The first-order valence-electron chi connectivity index (χ1n) is 5.89. The third-order valence-electron chi connectivity index (χ3n) is 3.36. The molecule has 0 aromatic carbocycles. The van der Waals surface area contributed by atoms with E-state index in [2.05, 4.69) is 23.3 Å². The van der Waals surface area contributed by atoms with Gasteiger partial charge in [0.05, 0.1) is 0 Å². The molecule has 1 aliphatic rings. The molecule has 0 aliphatic heterocycles. The molecule has 0 radical (unpaired) electrons. The maximum absolute atomic E-state index is 4.22. The highest BCUT2D eigenvalue weighted by molar-refractivity contribution is 5.24. The van der Waals surface area contributed by atoms with Gasteiger partial charge in [0.1, 0.15) is 0 Å². The highest BCUT2D eigenvalue weighted by Gasteiger charge is 2.23. The summed E-state index contributed by atoms with van der Waals surface area (Å²) < 4.78 is 0. The smallest absolute Gasteiger partial charge is 0.0335 e. The fraction of sp³-hybridized carbons (Fsp3) is 0.615. The summed E-state index contributed by atoms with van der Waals surface area (Å²) in [5.41, 5.74) is 2.71. The average Bonchev–Trinajstić information content (AvgIpc) is 3.05. The molecule has 0 amide bonds. The van der Waals surface area contributed by atoms with Crippen LogP contribution in [0.5, 0.6) is 0 Å². The highest BCUT2D eigenvalue weighted by atomic mass is 14.9. The molecule has 1 heterocycles. The quantitative estimate of drug-likeness (QED) is 0.797. The van der Waals surface area contributed by atoms with Gasteiger partial charge in [-0.1, -0.05) is 12.8 Å². The zero-order chi connectivity index (χ0) is 10.7. The lowest BCUT2D eigenvalue weighted by atomic mass is 9.98. The van der Waals surface area contributed by atoms with E-state index in [-0.39, 0.29) is 0 Å². The Morgan fingerprint density at radius 2 is 2.33 bits per heavy atom. The first-order chi connectivity index (χ1) is 7.31. The van der Waals surface area contributed by atoms with Crippen molar-refractivity contribution in [2.24, 2.45) is 5.92 Å². The molecule has 2 rings (SSSR count). The van der Waals surface area contributed by atoms with E-state index in [1.165, 1.54) is 36.8 Å². The lowest BCUT2D eigenvalue weighted by Gasteiger charge is -2.18. The van der Waals surface area contributed by atoms with Crippen LogP contribution in [-0.4, -0.2) is 12.0 Å². The largest absolute Gasteiger partial charge is 0.313 e. The number of nitrogens with one attached hydrogen (secondary N) is 1. The number of pyridine rings is 1. The molecule has 0 spiro atoms. The first-order valence-corrected chi connectivity index (χ1v) is 5.89. The second-order valence-electron chi connectivity index (χ2n) is 4.59. The summed E-state index contributed by atoms with van der Waals surface area (Å²) in [5.74, 6) is 1.01. The van der Waals surface area contributed by atoms with Crippen molar-refractivity contribution in [3.63, 3.8) is 0 Å². The van der Waals surface area contributed by atoms with Crippen LogP contribution >= 0.6 is 0 Å². The van der Waals surface area contributed by atoms with Gasteiger partial charge in [-0.05, 0) is 49.9 Å². The van der Waals surface area contributed by atoms with Crippen LogP contribution in [0.1, 0.15) is 42.9 Å². The van der Waals surface area contributed by atoms with E-state index in [1.54, 1.807) is 0 Å². The molecule has 0 saturated heterocycles. The van der Waals surface area contributed by atoms with Gasteiger partial charge in [0.25, 0.3) is 0 Å². The normalized spacial score (nSPS) is 17.7. The number of aryl methyl sites for hydroxylation is 1. The van der Waals surface area contributed by atoms with Crippen LogP contribution in [0.4, 0.5) is 0 Å². The number of aromatic nitrogens is 1. The van der Waals surface area contributed by atoms with Gasteiger partial charge in [-0.25, -0.2) is 0 Å². The predicted octanol–water partition coefficient (Wildman–Crippen LogP) is 2.84. The van der Waals surface area contributed by atoms with Gasteiger partial charge in [-0.3, -0.25) is 4.98 Å². The second kappa shape index (κ2) is 4.75. The molecule has 1 fully saturated rings. The number of hydrogen-bond donors (Lipinski definition) is 1. The summed E-state index contributed by atoms with van der Waals surface area (Å²) in [6.07, 6.45) is 9.37. The lowest BCUT2D eigenvalue weighted by molar-refractivity contribution is 0.503. The summed E-state index contributed by atoms with van der Waals surface area (Å²) in [6.45, 7) is 2.17. The molecule has 2 nitrogen and oxygen atoms in total. The van der Waals surface area contributed by atoms with Crippen LogP contribution in [0.15, 0.2) is 18.5 Å². The average molecular weight is 204 g/mol. The van der Waals surface area contributed by atoms with E-state index in [9.17, 15) is 0 Å². The molecule has 1 atom stereocenters. The van der Waals surface area contributed by atoms with Crippen molar-refractivity contribution in [2.75, 3.05) is 7.05 Å². The minimum atomic E-state index is 0.485. The minimum Gasteiger partial charge on any atom is -0.313 e. The third-order valence-corrected chi connectivity index (χ3v) is 3.36. The molecule has 0 bridgehead atoms. The summed E-state index contributed by atoms with van der Waals surface area (Å²) in [5, 5.41) is 3.40. The van der Waals surface area contributed by atoms with Crippen molar-refractivity contribution in [1.29, 1.82) is 0 Å². The van der Waals surface area contributed by atoms with E-state index in [1.807, 2.05) is 19.4 Å². The van der Waals surface area contributed by atoms with Crippen LogP contribution in [-0.2, 0) is 0 Å². The Morgan fingerprint density at radius 3 is 2.93 bits per heavy atom. The number of hydrogen-bond acceptors (Lipinski definition) is 2. The topological polar surface area (TPSA) is 24.9 Å². The van der Waals surface area contributed by atoms with Gasteiger partial charge in [0.2, 0.25) is 0 Å². The molecule has 1 unspecified atom stereocenters. The van der Waals surface area contributed by atoms with E-state index in [0.717, 1.165) is 5.92 Å². The Morgan fingerprint density at radius 1 is 1.53 bits per heavy atom. The van der Waals surface area contributed by atoms with Crippen molar-refractivity contribution < 1.29 is 0 Å². The van der Waals surface area contributed by atoms with Crippen LogP contribution in [0.3, 0.4) is 0 Å². The van der Waals surface area contributed by atoms with E-state index in [4.69, 9.17) is 0 Å². The minimum absolute atomic E-state index is 0.485. The molecular weight excluding hydrogens is 184 g/mol. The molecule has 1 aliphatic carbocycles. The maximum Gasteiger partial charge on any atom is 0.0335 e. The van der Waals surface area contributed by atoms with Gasteiger partial charge in [-0.15, -0.1) is 0 Å². The fourth-order valence-electron chi connectivity index (χ4n) is 2.11. The van der Waals surface area contributed by atoms with E-state index >= 15 is 0 Å². The van der Waals surface area contributed by atoms with Crippen molar-refractivity contribution in [2.45, 2.75) is 38.6 Å². The number of nitrogens with zero attached hydrogens (tertiary/aromatic N) is 1. The Bertz CT molecular complexity index is 318. The van der Waals surface area contributed by atoms with Crippen LogP contribution in [0.2, 0.25) is 0 Å². The highest BCUT2D eigenvalue weighted by Crippen LogP contribution is 2.36. The zero-order valence-electron chi connectivity index (χ0n) is 9.66. The Hall–Kier alpha value is -0.890. The Kier molecular flexibility index (Phi) is 3.37. The first kappa shape index (κ1) is 10.6. The Labute approximate surface area is 92.1 Å². The molecule has 1 N–H and O–H groups in total. The molecule has 1 aromatic rings. The van der Waals surface area contributed by atoms with Crippen molar-refractivity contribution in [3.05, 3.63) is 29.6 Å². The fourth-order valence-corrected chi connectivity index (χ4v) is 2.11. The summed E-state index contributed by atoms with van der Waals surface area (Å²) in [6, 6.07) is 2.58. The van der Waals surface area contributed by atoms with Crippen molar-refractivity contribution >= 4 is 0 Å². The molecule has 15 heavy (non-hydrogen) atoms. The monoisotopic (exact) mass is 204 g/mol. The molecular formula is C13H20N2. The van der Waals surface area contributed by atoms with Crippen molar-refractivity contribution in [3.8, 4) is 0 Å². The van der Waals surface area contributed by atoms with Crippen LogP contribution in [0, 0.1) is 12.8 Å². The predicted molar refractivity (Wildman–Crippen MR) is 62.7 cm³/mol. The molecule has 1 aromatic heterocycles. The molecule has 2 heteroatoms. The van der Waals surface area contributed by atoms with Gasteiger partial charge in [-0.2, -0.15) is 0 Å². The van der Waals surface area contributed by atoms with E-state index in [0.29, 0.717) is 6.04 Å². The zero-order valence-corrected chi connectivity index (χ0v) is 9.66. The summed E-state index contributed by atoms with van der Waals surface area (Å²) >= 11 is 0. The van der Waals surface area contributed by atoms with Crippen LogP contribution < -0.4 is 5.32 Å². The lowest BCUT2D eigenvalue weighted by Crippen LogP contribution is -2.17. The van der Waals surface area contributed by atoms with Crippen molar-refractivity contribution in [1.82, 2.24) is 10.3 Å². The van der Waals surface area contributed by atoms with Gasteiger partial charge < -0.3 is 5.32 Å².